The van der Waals surface area contributed by atoms with E-state index in [9.17, 15) is 4.79 Å². The molecular formula is C15H17N3O3. The van der Waals surface area contributed by atoms with Crippen LogP contribution in [0.25, 0.3) is 0 Å². The highest BCUT2D eigenvalue weighted by atomic mass is 16.5. The van der Waals surface area contributed by atoms with Crippen molar-refractivity contribution in [2.45, 2.75) is 12.3 Å². The fourth-order valence-electron chi connectivity index (χ4n) is 2.71. The molecule has 1 aliphatic rings. The molecule has 0 radical (unpaired) electrons. The molecule has 110 valence electrons. The second-order valence-electron chi connectivity index (χ2n) is 4.99. The number of fused-ring (bicyclic) bond motifs is 1. The fraction of sp³-hybridized carbons (Fsp3) is 0.333. The Morgan fingerprint density at radius 1 is 1.29 bits per heavy atom. The van der Waals surface area contributed by atoms with Gasteiger partial charge in [0, 0.05) is 24.9 Å². The van der Waals surface area contributed by atoms with Crippen molar-refractivity contribution in [1.82, 2.24) is 9.78 Å². The van der Waals surface area contributed by atoms with Gasteiger partial charge in [0.05, 0.1) is 20.4 Å². The van der Waals surface area contributed by atoms with E-state index in [0.717, 1.165) is 16.9 Å². The SMILES string of the molecule is COc1ccc([C@@H]2CC(=O)Nc3c2cnn3C)cc1OC. The molecule has 1 aromatic carbocycles. The zero-order chi connectivity index (χ0) is 15.0. The van der Waals surface area contributed by atoms with Gasteiger partial charge in [-0.15, -0.1) is 0 Å². The maximum absolute atomic E-state index is 11.9. The Morgan fingerprint density at radius 2 is 2.05 bits per heavy atom. The summed E-state index contributed by atoms with van der Waals surface area (Å²) in [5.41, 5.74) is 2.03. The zero-order valence-corrected chi connectivity index (χ0v) is 12.2. The van der Waals surface area contributed by atoms with Crippen LogP contribution >= 0.6 is 0 Å². The number of nitrogens with one attached hydrogen (secondary N) is 1. The van der Waals surface area contributed by atoms with Gasteiger partial charge in [0.2, 0.25) is 5.91 Å². The van der Waals surface area contributed by atoms with E-state index >= 15 is 0 Å². The summed E-state index contributed by atoms with van der Waals surface area (Å²) in [5, 5.41) is 7.10. The Hall–Kier alpha value is -2.50. The summed E-state index contributed by atoms with van der Waals surface area (Å²) in [6.45, 7) is 0. The maximum atomic E-state index is 11.9. The normalized spacial score (nSPS) is 17.1. The van der Waals surface area contributed by atoms with Crippen molar-refractivity contribution in [3.05, 3.63) is 35.5 Å². The minimum atomic E-state index is -0.0257. The number of ether oxygens (including phenoxy) is 2. The van der Waals surface area contributed by atoms with Gasteiger partial charge in [-0.3, -0.25) is 9.48 Å². The number of carbonyl (C=O) groups is 1. The Balaban J connectivity index is 2.06. The second kappa shape index (κ2) is 5.12. The lowest BCUT2D eigenvalue weighted by Crippen LogP contribution is -2.24. The molecule has 0 saturated carbocycles. The summed E-state index contributed by atoms with van der Waals surface area (Å²) in [4.78, 5) is 11.9. The Labute approximate surface area is 122 Å². The van der Waals surface area contributed by atoms with Gasteiger partial charge in [-0.25, -0.2) is 0 Å². The molecule has 3 rings (SSSR count). The molecule has 0 unspecified atom stereocenters. The highest BCUT2D eigenvalue weighted by molar-refractivity contribution is 5.94. The van der Waals surface area contributed by atoms with Crippen LogP contribution in [0, 0.1) is 0 Å². The van der Waals surface area contributed by atoms with E-state index in [1.54, 1.807) is 25.1 Å². The summed E-state index contributed by atoms with van der Waals surface area (Å²) in [5.74, 6) is 2.05. The first-order chi connectivity index (χ1) is 10.1. The van der Waals surface area contributed by atoms with Gasteiger partial charge in [-0.1, -0.05) is 6.07 Å². The van der Waals surface area contributed by atoms with Crippen molar-refractivity contribution in [3.8, 4) is 11.5 Å². The minimum Gasteiger partial charge on any atom is -0.493 e. The number of aromatic nitrogens is 2. The molecule has 6 heteroatoms. The quantitative estimate of drug-likeness (QED) is 0.936. The third kappa shape index (κ3) is 2.22. The van der Waals surface area contributed by atoms with E-state index in [-0.39, 0.29) is 11.8 Å². The van der Waals surface area contributed by atoms with E-state index in [2.05, 4.69) is 10.4 Å². The maximum Gasteiger partial charge on any atom is 0.226 e. The van der Waals surface area contributed by atoms with Gasteiger partial charge < -0.3 is 14.8 Å². The average Bonchev–Trinajstić information content (AvgIpc) is 2.87. The molecule has 2 aromatic rings. The van der Waals surface area contributed by atoms with Crippen LogP contribution in [0.5, 0.6) is 11.5 Å². The van der Waals surface area contributed by atoms with Gasteiger partial charge in [0.15, 0.2) is 11.5 Å². The molecular weight excluding hydrogens is 270 g/mol. The summed E-state index contributed by atoms with van der Waals surface area (Å²) in [6.07, 6.45) is 2.20. The van der Waals surface area contributed by atoms with Gasteiger partial charge in [-0.2, -0.15) is 5.10 Å². The van der Waals surface area contributed by atoms with Crippen LogP contribution in [0.3, 0.4) is 0 Å². The number of amides is 1. The molecule has 0 spiro atoms. The van der Waals surface area contributed by atoms with Crippen molar-refractivity contribution >= 4 is 11.7 Å². The number of hydrogen-bond acceptors (Lipinski definition) is 4. The fourth-order valence-corrected chi connectivity index (χ4v) is 2.71. The molecule has 2 heterocycles. The zero-order valence-electron chi connectivity index (χ0n) is 12.2. The molecule has 0 aliphatic carbocycles. The second-order valence-corrected chi connectivity index (χ2v) is 4.99. The predicted molar refractivity (Wildman–Crippen MR) is 77.8 cm³/mol. The third-order valence-corrected chi connectivity index (χ3v) is 3.80. The van der Waals surface area contributed by atoms with Crippen molar-refractivity contribution in [3.63, 3.8) is 0 Å². The number of anilines is 1. The number of rotatable bonds is 3. The monoisotopic (exact) mass is 287 g/mol. The van der Waals surface area contributed by atoms with Crippen molar-refractivity contribution in [2.24, 2.45) is 7.05 Å². The summed E-state index contributed by atoms with van der Waals surface area (Å²) >= 11 is 0. The Kier molecular flexibility index (Phi) is 3.29. The van der Waals surface area contributed by atoms with E-state index < -0.39 is 0 Å². The lowest BCUT2D eigenvalue weighted by molar-refractivity contribution is -0.116. The molecule has 0 bridgehead atoms. The Bertz CT molecular complexity index is 693. The van der Waals surface area contributed by atoms with Crippen molar-refractivity contribution in [1.29, 1.82) is 0 Å². The van der Waals surface area contributed by atoms with Gasteiger partial charge in [-0.05, 0) is 17.7 Å². The molecule has 1 atom stereocenters. The van der Waals surface area contributed by atoms with Crippen LogP contribution in [-0.4, -0.2) is 29.9 Å². The first-order valence-corrected chi connectivity index (χ1v) is 6.67. The van der Waals surface area contributed by atoms with E-state index in [4.69, 9.17) is 9.47 Å². The number of methoxy groups -OCH3 is 2. The summed E-state index contributed by atoms with van der Waals surface area (Å²) in [7, 11) is 5.02. The van der Waals surface area contributed by atoms with Crippen molar-refractivity contribution < 1.29 is 14.3 Å². The number of nitrogens with zero attached hydrogens (tertiary/aromatic N) is 2. The lowest BCUT2D eigenvalue weighted by Gasteiger charge is -2.23. The standard InChI is InChI=1S/C15H17N3O3/c1-18-15-11(8-16-18)10(7-14(19)17-15)9-4-5-12(20-2)13(6-9)21-3/h4-6,8,10H,7H2,1-3H3,(H,17,19)/t10-/m0/s1. The number of hydrogen-bond donors (Lipinski definition) is 1. The van der Waals surface area contributed by atoms with Crippen LogP contribution in [0.2, 0.25) is 0 Å². The molecule has 1 N–H and O–H groups in total. The Morgan fingerprint density at radius 3 is 2.76 bits per heavy atom. The molecule has 1 amide bonds. The van der Waals surface area contributed by atoms with Crippen LogP contribution in [0.15, 0.2) is 24.4 Å². The molecule has 1 aliphatic heterocycles. The van der Waals surface area contributed by atoms with E-state index in [1.165, 1.54) is 0 Å². The molecule has 1 aromatic heterocycles. The smallest absolute Gasteiger partial charge is 0.226 e. The minimum absolute atomic E-state index is 0.00844. The largest absolute Gasteiger partial charge is 0.493 e. The first kappa shape index (κ1) is 13.5. The number of aryl methyl sites for hydroxylation is 1. The highest BCUT2D eigenvalue weighted by Crippen LogP contribution is 2.39. The van der Waals surface area contributed by atoms with Crippen LogP contribution in [0.4, 0.5) is 5.82 Å². The molecule has 6 nitrogen and oxygen atoms in total. The summed E-state index contributed by atoms with van der Waals surface area (Å²) in [6, 6.07) is 5.73. The van der Waals surface area contributed by atoms with E-state index in [1.807, 2.05) is 25.2 Å². The van der Waals surface area contributed by atoms with Crippen LogP contribution in [-0.2, 0) is 11.8 Å². The van der Waals surface area contributed by atoms with Gasteiger partial charge in [0.1, 0.15) is 5.82 Å². The van der Waals surface area contributed by atoms with Crippen molar-refractivity contribution in [2.75, 3.05) is 19.5 Å². The number of carbonyl (C=O) groups excluding carboxylic acids is 1. The van der Waals surface area contributed by atoms with Gasteiger partial charge >= 0.3 is 0 Å². The lowest BCUT2D eigenvalue weighted by atomic mass is 9.87. The third-order valence-electron chi connectivity index (χ3n) is 3.80. The molecule has 21 heavy (non-hydrogen) atoms. The van der Waals surface area contributed by atoms with E-state index in [0.29, 0.717) is 17.9 Å². The first-order valence-electron chi connectivity index (χ1n) is 6.67. The number of benzene rings is 1. The molecule has 0 fully saturated rings. The average molecular weight is 287 g/mol. The molecule has 0 saturated heterocycles. The topological polar surface area (TPSA) is 65.4 Å². The summed E-state index contributed by atoms with van der Waals surface area (Å²) < 4.78 is 12.3. The van der Waals surface area contributed by atoms with Crippen LogP contribution in [0.1, 0.15) is 23.5 Å². The van der Waals surface area contributed by atoms with Crippen LogP contribution < -0.4 is 14.8 Å². The predicted octanol–water partition coefficient (Wildman–Crippen LogP) is 1.91. The highest BCUT2D eigenvalue weighted by Gasteiger charge is 2.29. The van der Waals surface area contributed by atoms with Gasteiger partial charge in [0.25, 0.3) is 0 Å².